The monoisotopic (exact) mass is 209 g/mol. The topological polar surface area (TPSA) is 52.3 Å². The molecule has 15 heavy (non-hydrogen) atoms. The Morgan fingerprint density at radius 3 is 2.40 bits per heavy atom. The van der Waals surface area contributed by atoms with E-state index in [0.29, 0.717) is 5.41 Å². The summed E-state index contributed by atoms with van der Waals surface area (Å²) < 4.78 is 4.73. The lowest BCUT2D eigenvalue weighted by Crippen LogP contribution is -2.73. The average Bonchev–Trinajstić information content (AvgIpc) is 2.02. The second kappa shape index (κ2) is 2.76. The van der Waals surface area contributed by atoms with Crippen molar-refractivity contribution < 1.29 is 9.53 Å². The summed E-state index contributed by atoms with van der Waals surface area (Å²) in [6.07, 6.45) is 7.76. The van der Waals surface area contributed by atoms with Gasteiger partial charge in [-0.15, -0.1) is 0 Å². The molecule has 4 fully saturated rings. The molecule has 0 radical (unpaired) electrons. The van der Waals surface area contributed by atoms with Gasteiger partial charge >= 0.3 is 5.97 Å². The van der Waals surface area contributed by atoms with Crippen molar-refractivity contribution in [2.24, 2.45) is 22.5 Å². The van der Waals surface area contributed by atoms with Gasteiger partial charge in [0.15, 0.2) is 0 Å². The van der Waals surface area contributed by atoms with Crippen molar-refractivity contribution in [2.45, 2.75) is 44.6 Å². The molecule has 3 heteroatoms. The van der Waals surface area contributed by atoms with Crippen molar-refractivity contribution in [2.75, 3.05) is 7.11 Å². The molecule has 0 aromatic heterocycles. The molecule has 2 N–H and O–H groups in total. The molecular weight excluding hydrogens is 190 g/mol. The van der Waals surface area contributed by atoms with Crippen molar-refractivity contribution in [1.29, 1.82) is 0 Å². The SMILES string of the molecule is COC(=O)C(N)C12CC(C3CCC3)(C1)C2. The zero-order chi connectivity index (χ0) is 10.7. The second-order valence-corrected chi connectivity index (χ2v) is 5.88. The average molecular weight is 209 g/mol. The molecule has 0 spiro atoms. The Morgan fingerprint density at radius 1 is 1.40 bits per heavy atom. The lowest BCUT2D eigenvalue weighted by Gasteiger charge is -2.76. The standard InChI is InChI=1S/C12H19NO2/c1-15-10(14)9(13)12-5-11(6-12,7-12)8-3-2-4-8/h8-9H,2-7,13H2,1H3. The van der Waals surface area contributed by atoms with Gasteiger partial charge in [0, 0.05) is 0 Å². The van der Waals surface area contributed by atoms with Crippen LogP contribution in [0.5, 0.6) is 0 Å². The fourth-order valence-corrected chi connectivity index (χ4v) is 4.11. The molecule has 2 bridgehead atoms. The molecule has 0 aromatic carbocycles. The van der Waals surface area contributed by atoms with E-state index in [1.165, 1.54) is 45.6 Å². The van der Waals surface area contributed by atoms with Gasteiger partial charge in [0.25, 0.3) is 0 Å². The van der Waals surface area contributed by atoms with Crippen molar-refractivity contribution in [3.63, 3.8) is 0 Å². The first-order valence-corrected chi connectivity index (χ1v) is 5.95. The Hall–Kier alpha value is -0.570. The lowest BCUT2D eigenvalue weighted by molar-refractivity contribution is -0.259. The molecule has 1 atom stereocenters. The van der Waals surface area contributed by atoms with Crippen LogP contribution in [-0.2, 0) is 9.53 Å². The maximum atomic E-state index is 11.4. The van der Waals surface area contributed by atoms with Gasteiger partial charge in [0.1, 0.15) is 6.04 Å². The first kappa shape index (κ1) is 9.64. The lowest BCUT2D eigenvalue weighted by atomic mass is 9.29. The minimum Gasteiger partial charge on any atom is -0.468 e. The van der Waals surface area contributed by atoms with Crippen molar-refractivity contribution in [1.82, 2.24) is 0 Å². The summed E-state index contributed by atoms with van der Waals surface area (Å²) in [5.41, 5.74) is 6.68. The number of methoxy groups -OCH3 is 1. The van der Waals surface area contributed by atoms with Crippen LogP contribution in [0.2, 0.25) is 0 Å². The highest BCUT2D eigenvalue weighted by atomic mass is 16.5. The maximum Gasteiger partial charge on any atom is 0.323 e. The summed E-state index contributed by atoms with van der Waals surface area (Å²) in [7, 11) is 1.43. The third-order valence-electron chi connectivity index (χ3n) is 5.20. The van der Waals surface area contributed by atoms with E-state index in [2.05, 4.69) is 0 Å². The van der Waals surface area contributed by atoms with E-state index in [9.17, 15) is 4.79 Å². The Labute approximate surface area is 90.4 Å². The van der Waals surface area contributed by atoms with Gasteiger partial charge < -0.3 is 10.5 Å². The number of hydrogen-bond donors (Lipinski definition) is 1. The summed E-state index contributed by atoms with van der Waals surface area (Å²) in [5, 5.41) is 0. The number of carbonyl (C=O) groups excluding carboxylic acids is 1. The zero-order valence-electron chi connectivity index (χ0n) is 9.29. The van der Waals surface area contributed by atoms with Crippen LogP contribution in [0.1, 0.15) is 38.5 Å². The molecule has 84 valence electrons. The van der Waals surface area contributed by atoms with E-state index in [-0.39, 0.29) is 17.4 Å². The molecule has 3 nitrogen and oxygen atoms in total. The smallest absolute Gasteiger partial charge is 0.323 e. The van der Waals surface area contributed by atoms with E-state index < -0.39 is 0 Å². The van der Waals surface area contributed by atoms with Crippen LogP contribution in [0, 0.1) is 16.7 Å². The minimum absolute atomic E-state index is 0.128. The van der Waals surface area contributed by atoms with Crippen LogP contribution in [0.15, 0.2) is 0 Å². The fraction of sp³-hybridized carbons (Fsp3) is 0.917. The summed E-state index contributed by atoms with van der Waals surface area (Å²) >= 11 is 0. The third kappa shape index (κ3) is 1.02. The Kier molecular flexibility index (Phi) is 1.77. The summed E-state index contributed by atoms with van der Waals surface area (Å²) in [5.74, 6) is 0.723. The number of hydrogen-bond acceptors (Lipinski definition) is 3. The van der Waals surface area contributed by atoms with Crippen LogP contribution < -0.4 is 5.73 Å². The van der Waals surface area contributed by atoms with E-state index in [4.69, 9.17) is 10.5 Å². The molecule has 4 aliphatic rings. The first-order chi connectivity index (χ1) is 7.12. The molecule has 4 aliphatic carbocycles. The maximum absolute atomic E-state index is 11.4. The summed E-state index contributed by atoms with van der Waals surface area (Å²) in [6.45, 7) is 0. The molecule has 4 rings (SSSR count). The van der Waals surface area contributed by atoms with Gasteiger partial charge in [-0.3, -0.25) is 4.79 Å². The van der Waals surface area contributed by atoms with Crippen molar-refractivity contribution >= 4 is 5.97 Å². The molecule has 0 amide bonds. The van der Waals surface area contributed by atoms with Gasteiger partial charge in [0.05, 0.1) is 7.11 Å². The number of ether oxygens (including phenoxy) is 1. The van der Waals surface area contributed by atoms with Crippen LogP contribution in [0.3, 0.4) is 0 Å². The molecular formula is C12H19NO2. The van der Waals surface area contributed by atoms with Gasteiger partial charge in [-0.1, -0.05) is 6.42 Å². The quantitative estimate of drug-likeness (QED) is 0.716. The Bertz CT molecular complexity index is 289. The zero-order valence-corrected chi connectivity index (χ0v) is 9.29. The molecule has 1 unspecified atom stereocenters. The predicted molar refractivity (Wildman–Crippen MR) is 56.0 cm³/mol. The Morgan fingerprint density at radius 2 is 2.00 bits per heavy atom. The fourth-order valence-electron chi connectivity index (χ4n) is 4.11. The summed E-state index contributed by atoms with van der Waals surface area (Å²) in [4.78, 5) is 11.4. The number of esters is 1. The van der Waals surface area contributed by atoms with Gasteiger partial charge in [0.2, 0.25) is 0 Å². The van der Waals surface area contributed by atoms with Crippen LogP contribution in [-0.4, -0.2) is 19.1 Å². The number of carbonyl (C=O) groups is 1. The van der Waals surface area contributed by atoms with Gasteiger partial charge in [-0.2, -0.15) is 0 Å². The third-order valence-corrected chi connectivity index (χ3v) is 5.20. The summed E-state index contributed by atoms with van der Waals surface area (Å²) in [6, 6.07) is -0.371. The second-order valence-electron chi connectivity index (χ2n) is 5.88. The van der Waals surface area contributed by atoms with Gasteiger partial charge in [-0.25, -0.2) is 0 Å². The normalized spacial score (nSPS) is 44.7. The van der Waals surface area contributed by atoms with Crippen LogP contribution in [0.25, 0.3) is 0 Å². The Balaban J connectivity index is 1.62. The predicted octanol–water partition coefficient (Wildman–Crippen LogP) is 1.46. The highest BCUT2D eigenvalue weighted by Crippen LogP contribution is 2.79. The van der Waals surface area contributed by atoms with Crippen molar-refractivity contribution in [3.05, 3.63) is 0 Å². The van der Waals surface area contributed by atoms with E-state index in [1.54, 1.807) is 0 Å². The van der Waals surface area contributed by atoms with Crippen LogP contribution in [0.4, 0.5) is 0 Å². The minimum atomic E-state index is -0.371. The van der Waals surface area contributed by atoms with E-state index >= 15 is 0 Å². The first-order valence-electron chi connectivity index (χ1n) is 5.95. The molecule has 0 heterocycles. The highest BCUT2D eigenvalue weighted by molar-refractivity contribution is 5.77. The highest BCUT2D eigenvalue weighted by Gasteiger charge is 2.73. The van der Waals surface area contributed by atoms with Gasteiger partial charge in [-0.05, 0) is 48.9 Å². The van der Waals surface area contributed by atoms with Crippen LogP contribution >= 0.6 is 0 Å². The largest absolute Gasteiger partial charge is 0.468 e. The molecule has 0 aliphatic heterocycles. The number of rotatable bonds is 3. The molecule has 4 saturated carbocycles. The molecule has 0 saturated heterocycles. The number of nitrogens with two attached hydrogens (primary N) is 1. The molecule has 0 aromatic rings. The van der Waals surface area contributed by atoms with E-state index in [0.717, 1.165) is 5.92 Å². The van der Waals surface area contributed by atoms with E-state index in [1.807, 2.05) is 0 Å². The van der Waals surface area contributed by atoms with Crippen molar-refractivity contribution in [3.8, 4) is 0 Å².